The molecule has 0 aliphatic heterocycles. The van der Waals surface area contributed by atoms with Crippen LogP contribution in [0.3, 0.4) is 0 Å². The Morgan fingerprint density at radius 1 is 0.947 bits per heavy atom. The van der Waals surface area contributed by atoms with Crippen molar-refractivity contribution in [1.82, 2.24) is 0 Å². The van der Waals surface area contributed by atoms with Crippen molar-refractivity contribution in [2.24, 2.45) is 0 Å². The van der Waals surface area contributed by atoms with Crippen LogP contribution >= 0.6 is 15.9 Å². The van der Waals surface area contributed by atoms with E-state index < -0.39 is 17.5 Å². The van der Waals surface area contributed by atoms with Gasteiger partial charge in [-0.2, -0.15) is 0 Å². The van der Waals surface area contributed by atoms with E-state index in [0.29, 0.717) is 6.42 Å². The second-order valence-electron chi connectivity index (χ2n) is 4.81. The van der Waals surface area contributed by atoms with Crippen LogP contribution < -0.4 is 0 Å². The van der Waals surface area contributed by atoms with Crippen LogP contribution in [0.5, 0.6) is 0 Å². The van der Waals surface area contributed by atoms with Crippen LogP contribution in [0.4, 0.5) is 13.2 Å². The molecule has 0 aliphatic rings. The van der Waals surface area contributed by atoms with Gasteiger partial charge in [-0.1, -0.05) is 61.4 Å². The number of hydrogen-bond donors (Lipinski definition) is 0. The summed E-state index contributed by atoms with van der Waals surface area (Å²) >= 11 is 3.29. The Hall–Kier alpha value is -0.510. The lowest BCUT2D eigenvalue weighted by Crippen LogP contribution is -2.00. The highest BCUT2D eigenvalue weighted by Crippen LogP contribution is 2.33. The number of hydrogen-bond acceptors (Lipinski definition) is 0. The van der Waals surface area contributed by atoms with Gasteiger partial charge < -0.3 is 0 Å². The summed E-state index contributed by atoms with van der Waals surface area (Å²) in [7, 11) is 0. The Morgan fingerprint density at radius 2 is 1.47 bits per heavy atom. The average molecular weight is 337 g/mol. The summed E-state index contributed by atoms with van der Waals surface area (Å²) in [5.74, 6) is -2.51. The van der Waals surface area contributed by atoms with E-state index in [4.69, 9.17) is 0 Å². The van der Waals surface area contributed by atoms with Crippen molar-refractivity contribution >= 4 is 15.9 Å². The van der Waals surface area contributed by atoms with E-state index in [1.54, 1.807) is 0 Å². The first-order chi connectivity index (χ1) is 9.06. The fraction of sp³-hybridized carbons (Fsp3) is 0.600. The summed E-state index contributed by atoms with van der Waals surface area (Å²) in [4.78, 5) is -0.390. The standard InChI is InChI=1S/C15H20BrF3/c1-2-3-4-5-6-7-8-12(16)15-13(18)9-11(17)10-14(15)19/h9-10,12H,2-8H2,1H3. The Bertz CT molecular complexity index is 370. The van der Waals surface area contributed by atoms with Crippen LogP contribution in [0.15, 0.2) is 12.1 Å². The van der Waals surface area contributed by atoms with Crippen LogP contribution in [-0.4, -0.2) is 0 Å². The minimum absolute atomic E-state index is 0.0602. The Labute approximate surface area is 121 Å². The number of benzene rings is 1. The Balaban J connectivity index is 2.43. The summed E-state index contributed by atoms with van der Waals surface area (Å²) in [5.41, 5.74) is -0.0602. The second-order valence-corrected chi connectivity index (χ2v) is 5.91. The van der Waals surface area contributed by atoms with Gasteiger partial charge in [0.2, 0.25) is 0 Å². The zero-order valence-corrected chi connectivity index (χ0v) is 12.8. The van der Waals surface area contributed by atoms with Crippen molar-refractivity contribution in [2.75, 3.05) is 0 Å². The molecule has 1 rings (SSSR count). The molecule has 1 aromatic carbocycles. The maximum Gasteiger partial charge on any atom is 0.133 e. The first kappa shape index (κ1) is 16.5. The van der Waals surface area contributed by atoms with Crippen LogP contribution in [0.25, 0.3) is 0 Å². The topological polar surface area (TPSA) is 0 Å². The predicted octanol–water partition coefficient (Wildman–Crippen LogP) is 6.29. The molecule has 0 fully saturated rings. The normalized spacial score (nSPS) is 12.7. The van der Waals surface area contributed by atoms with Crippen molar-refractivity contribution in [1.29, 1.82) is 0 Å². The van der Waals surface area contributed by atoms with Crippen LogP contribution in [-0.2, 0) is 0 Å². The molecular weight excluding hydrogens is 317 g/mol. The lowest BCUT2D eigenvalue weighted by atomic mass is 10.0. The molecule has 4 heteroatoms. The van der Waals surface area contributed by atoms with Gasteiger partial charge in [-0.05, 0) is 6.42 Å². The smallest absolute Gasteiger partial charge is 0.133 e. The molecule has 0 bridgehead atoms. The van der Waals surface area contributed by atoms with E-state index in [-0.39, 0.29) is 10.4 Å². The first-order valence-corrected chi connectivity index (χ1v) is 7.76. The van der Waals surface area contributed by atoms with Crippen molar-refractivity contribution in [3.05, 3.63) is 35.1 Å². The minimum atomic E-state index is -0.877. The molecule has 0 saturated heterocycles. The summed E-state index contributed by atoms with van der Waals surface area (Å²) < 4.78 is 39.9. The highest BCUT2D eigenvalue weighted by molar-refractivity contribution is 9.09. The van der Waals surface area contributed by atoms with Crippen molar-refractivity contribution in [3.63, 3.8) is 0 Å². The largest absolute Gasteiger partial charge is 0.207 e. The Morgan fingerprint density at radius 3 is 2.05 bits per heavy atom. The molecule has 0 amide bonds. The lowest BCUT2D eigenvalue weighted by Gasteiger charge is -2.12. The fourth-order valence-corrected chi connectivity index (χ4v) is 2.86. The van der Waals surface area contributed by atoms with Crippen LogP contribution in [0, 0.1) is 17.5 Å². The van der Waals surface area contributed by atoms with Crippen molar-refractivity contribution in [2.45, 2.75) is 56.7 Å². The Kier molecular flexibility index (Phi) is 7.51. The third-order valence-electron chi connectivity index (χ3n) is 3.17. The second kappa shape index (κ2) is 8.62. The summed E-state index contributed by atoms with van der Waals surface area (Å²) in [6.07, 6.45) is 7.44. The van der Waals surface area contributed by atoms with Gasteiger partial charge in [0.25, 0.3) is 0 Å². The van der Waals surface area contributed by atoms with Crippen molar-refractivity contribution < 1.29 is 13.2 Å². The van der Waals surface area contributed by atoms with E-state index in [1.165, 1.54) is 19.3 Å². The zero-order valence-electron chi connectivity index (χ0n) is 11.2. The van der Waals surface area contributed by atoms with Gasteiger partial charge in [0.15, 0.2) is 0 Å². The molecule has 0 N–H and O–H groups in total. The molecule has 0 aliphatic carbocycles. The van der Waals surface area contributed by atoms with E-state index >= 15 is 0 Å². The maximum atomic E-state index is 13.5. The quantitative estimate of drug-likeness (QED) is 0.386. The van der Waals surface area contributed by atoms with E-state index in [2.05, 4.69) is 22.9 Å². The van der Waals surface area contributed by atoms with Crippen LogP contribution in [0.1, 0.15) is 62.3 Å². The molecular formula is C15H20BrF3. The van der Waals surface area contributed by atoms with E-state index in [0.717, 1.165) is 31.4 Å². The fourth-order valence-electron chi connectivity index (χ4n) is 2.10. The number of halogens is 4. The SMILES string of the molecule is CCCCCCCCC(Br)c1c(F)cc(F)cc1F. The monoisotopic (exact) mass is 336 g/mol. The molecule has 108 valence electrons. The first-order valence-electron chi connectivity index (χ1n) is 6.84. The third kappa shape index (κ3) is 5.55. The van der Waals surface area contributed by atoms with E-state index in [1.807, 2.05) is 0 Å². The highest BCUT2D eigenvalue weighted by atomic mass is 79.9. The highest BCUT2D eigenvalue weighted by Gasteiger charge is 2.18. The molecule has 0 saturated carbocycles. The summed E-state index contributed by atoms with van der Waals surface area (Å²) in [5, 5.41) is 0. The molecule has 0 radical (unpaired) electrons. The molecule has 0 aromatic heterocycles. The lowest BCUT2D eigenvalue weighted by molar-refractivity contribution is 0.512. The van der Waals surface area contributed by atoms with E-state index in [9.17, 15) is 13.2 Å². The van der Waals surface area contributed by atoms with Gasteiger partial charge in [-0.3, -0.25) is 0 Å². The molecule has 1 atom stereocenters. The third-order valence-corrected chi connectivity index (χ3v) is 4.08. The van der Waals surface area contributed by atoms with Crippen molar-refractivity contribution in [3.8, 4) is 0 Å². The number of unbranched alkanes of at least 4 members (excludes halogenated alkanes) is 5. The van der Waals surface area contributed by atoms with Gasteiger partial charge >= 0.3 is 0 Å². The van der Waals surface area contributed by atoms with Crippen LogP contribution in [0.2, 0.25) is 0 Å². The molecule has 1 aromatic rings. The predicted molar refractivity (Wildman–Crippen MR) is 76.0 cm³/mol. The maximum absolute atomic E-state index is 13.5. The van der Waals surface area contributed by atoms with Gasteiger partial charge in [0.05, 0.1) is 0 Å². The summed E-state index contributed by atoms with van der Waals surface area (Å²) in [6, 6.07) is 1.46. The zero-order chi connectivity index (χ0) is 14.3. The minimum Gasteiger partial charge on any atom is -0.207 e. The molecule has 0 heterocycles. The average Bonchev–Trinajstić information content (AvgIpc) is 2.32. The molecule has 1 unspecified atom stereocenters. The molecule has 19 heavy (non-hydrogen) atoms. The molecule has 0 nitrogen and oxygen atoms in total. The number of rotatable bonds is 8. The molecule has 0 spiro atoms. The van der Waals surface area contributed by atoms with Gasteiger partial charge in [-0.15, -0.1) is 0 Å². The number of alkyl halides is 1. The van der Waals surface area contributed by atoms with Gasteiger partial charge in [-0.25, -0.2) is 13.2 Å². The summed E-state index contributed by atoms with van der Waals surface area (Å²) in [6.45, 7) is 2.16. The van der Waals surface area contributed by atoms with Gasteiger partial charge in [0.1, 0.15) is 17.5 Å². The van der Waals surface area contributed by atoms with Gasteiger partial charge in [0, 0.05) is 22.5 Å².